The molecular formula is C29H24Cl2N2O7. The highest BCUT2D eigenvalue weighted by atomic mass is 35.5. The molecule has 2 aliphatic heterocycles. The monoisotopic (exact) mass is 582 g/mol. The zero-order chi connectivity index (χ0) is 27.4. The van der Waals surface area contributed by atoms with Crippen molar-refractivity contribution in [1.29, 1.82) is 0 Å². The Labute approximate surface area is 238 Å². The first-order valence-electron chi connectivity index (χ1n) is 13.0. The predicted octanol–water partition coefficient (Wildman–Crippen LogP) is 5.90. The van der Waals surface area contributed by atoms with Crippen molar-refractivity contribution in [1.82, 2.24) is 10.1 Å². The van der Waals surface area contributed by atoms with Gasteiger partial charge in [-0.3, -0.25) is 0 Å². The molecule has 206 valence electrons. The van der Waals surface area contributed by atoms with Crippen LogP contribution in [0, 0.1) is 0 Å². The van der Waals surface area contributed by atoms with E-state index in [0.29, 0.717) is 51.8 Å². The van der Waals surface area contributed by atoms with Gasteiger partial charge in [-0.25, -0.2) is 9.78 Å². The van der Waals surface area contributed by atoms with Gasteiger partial charge in [-0.05, 0) is 49.2 Å². The SMILES string of the molecule is O=C(O)c1ccc2nc(O[C@@H]3CO[C@@H]4C(OCc5c(-c6c(Cl)cccc6Cl)noc5C5CC5)CO[C@@H]43)ccc2c1. The van der Waals surface area contributed by atoms with Crippen LogP contribution in [0.3, 0.4) is 0 Å². The van der Waals surface area contributed by atoms with Gasteiger partial charge in [0.25, 0.3) is 0 Å². The van der Waals surface area contributed by atoms with Crippen LogP contribution in [-0.4, -0.2) is 58.8 Å². The van der Waals surface area contributed by atoms with E-state index in [4.69, 9.17) is 46.7 Å². The molecular weight excluding hydrogens is 559 g/mol. The number of rotatable bonds is 8. The number of aromatic nitrogens is 2. The fraction of sp³-hybridized carbons (Fsp3) is 0.345. The molecule has 1 N–H and O–H groups in total. The standard InChI is InChI=1S/C29H24Cl2N2O7/c30-18-2-1-3-19(31)24(18)25-17(26(40-33-25)14-4-5-14)11-36-21-12-37-28-22(13-38-27(21)28)39-23-9-7-15-10-16(29(34)35)6-8-20(15)32-23/h1-3,6-10,14,21-22,27-28H,4-5,11-13H2,(H,34,35)/t21?,22-,27-,28-/m1/s1. The molecule has 1 saturated carbocycles. The van der Waals surface area contributed by atoms with Crippen LogP contribution < -0.4 is 4.74 Å². The van der Waals surface area contributed by atoms with Crippen LogP contribution >= 0.6 is 23.2 Å². The highest BCUT2D eigenvalue weighted by molar-refractivity contribution is 6.39. The second kappa shape index (κ2) is 10.3. The second-order valence-corrected chi connectivity index (χ2v) is 11.0. The number of carboxylic acid groups (broad SMARTS) is 1. The summed E-state index contributed by atoms with van der Waals surface area (Å²) in [6, 6.07) is 13.6. The van der Waals surface area contributed by atoms with Gasteiger partial charge in [0, 0.05) is 28.5 Å². The van der Waals surface area contributed by atoms with Gasteiger partial charge in [-0.2, -0.15) is 0 Å². The van der Waals surface area contributed by atoms with Crippen LogP contribution in [0.1, 0.15) is 40.4 Å². The van der Waals surface area contributed by atoms with Crippen LogP contribution in [-0.2, 0) is 20.8 Å². The number of ether oxygens (including phenoxy) is 4. The van der Waals surface area contributed by atoms with Crippen molar-refractivity contribution in [2.24, 2.45) is 0 Å². The molecule has 2 aromatic carbocycles. The molecule has 9 nitrogen and oxygen atoms in total. The van der Waals surface area contributed by atoms with Crippen molar-refractivity contribution < 1.29 is 33.4 Å². The summed E-state index contributed by atoms with van der Waals surface area (Å²) in [5, 5.41) is 15.3. The summed E-state index contributed by atoms with van der Waals surface area (Å²) in [6.45, 7) is 0.932. The van der Waals surface area contributed by atoms with Crippen molar-refractivity contribution in [2.45, 2.75) is 49.8 Å². The predicted molar refractivity (Wildman–Crippen MR) is 145 cm³/mol. The fourth-order valence-corrected chi connectivity index (χ4v) is 5.95. The Morgan fingerprint density at radius 3 is 2.50 bits per heavy atom. The van der Waals surface area contributed by atoms with E-state index >= 15 is 0 Å². The van der Waals surface area contributed by atoms with E-state index in [-0.39, 0.29) is 36.6 Å². The number of nitrogens with zero attached hydrogens (tertiary/aromatic N) is 2. The van der Waals surface area contributed by atoms with Crippen LogP contribution in [0.2, 0.25) is 10.0 Å². The number of benzene rings is 2. The van der Waals surface area contributed by atoms with E-state index in [0.717, 1.165) is 29.6 Å². The minimum atomic E-state index is -0.983. The largest absolute Gasteiger partial charge is 0.478 e. The van der Waals surface area contributed by atoms with E-state index in [1.165, 1.54) is 6.07 Å². The lowest BCUT2D eigenvalue weighted by Gasteiger charge is -2.18. The molecule has 4 aromatic rings. The number of fused-ring (bicyclic) bond motifs is 2. The van der Waals surface area contributed by atoms with E-state index < -0.39 is 5.97 Å². The Kier molecular flexibility index (Phi) is 6.64. The molecule has 1 aliphatic carbocycles. The summed E-state index contributed by atoms with van der Waals surface area (Å²) in [4.78, 5) is 15.8. The normalized spacial score (nSPS) is 23.9. The minimum Gasteiger partial charge on any atom is -0.478 e. The van der Waals surface area contributed by atoms with Crippen molar-refractivity contribution in [3.8, 4) is 17.1 Å². The molecule has 7 rings (SSSR count). The van der Waals surface area contributed by atoms with Gasteiger partial charge in [-0.15, -0.1) is 0 Å². The summed E-state index contributed by atoms with van der Waals surface area (Å²) in [5.41, 5.74) is 2.92. The molecule has 2 aromatic heterocycles. The number of hydrogen-bond acceptors (Lipinski definition) is 8. The number of aromatic carboxylic acids is 1. The Bertz CT molecular complexity index is 1580. The highest BCUT2D eigenvalue weighted by Crippen LogP contribution is 2.46. The van der Waals surface area contributed by atoms with E-state index in [9.17, 15) is 9.90 Å². The Balaban J connectivity index is 1.05. The molecule has 4 atom stereocenters. The first-order valence-corrected chi connectivity index (χ1v) is 13.8. The maximum atomic E-state index is 11.2. The van der Waals surface area contributed by atoms with Crippen molar-refractivity contribution in [2.75, 3.05) is 13.2 Å². The summed E-state index contributed by atoms with van der Waals surface area (Å²) in [5.74, 6) is 0.563. The molecule has 0 bridgehead atoms. The maximum Gasteiger partial charge on any atom is 0.335 e. The number of halogens is 2. The molecule has 4 heterocycles. The van der Waals surface area contributed by atoms with Gasteiger partial charge in [-0.1, -0.05) is 34.4 Å². The maximum absolute atomic E-state index is 11.2. The number of carbonyl (C=O) groups is 1. The lowest BCUT2D eigenvalue weighted by Crippen LogP contribution is -2.35. The van der Waals surface area contributed by atoms with Gasteiger partial charge in [0.05, 0.1) is 40.9 Å². The topological polar surface area (TPSA) is 113 Å². The Hall–Kier alpha value is -3.21. The number of carboxylic acids is 1. The third-order valence-electron chi connectivity index (χ3n) is 7.55. The molecule has 11 heteroatoms. The average Bonchev–Trinajstić information content (AvgIpc) is 3.39. The van der Waals surface area contributed by atoms with Crippen molar-refractivity contribution >= 4 is 40.1 Å². The fourth-order valence-electron chi connectivity index (χ4n) is 5.37. The van der Waals surface area contributed by atoms with Gasteiger partial charge < -0.3 is 28.6 Å². The molecule has 3 fully saturated rings. The summed E-state index contributed by atoms with van der Waals surface area (Å²) in [7, 11) is 0. The zero-order valence-electron chi connectivity index (χ0n) is 21.1. The first kappa shape index (κ1) is 25.7. The molecule has 0 spiro atoms. The lowest BCUT2D eigenvalue weighted by atomic mass is 10.0. The average molecular weight is 583 g/mol. The van der Waals surface area contributed by atoms with Crippen LogP contribution in [0.4, 0.5) is 0 Å². The molecule has 3 aliphatic rings. The Morgan fingerprint density at radius 2 is 1.75 bits per heavy atom. The van der Waals surface area contributed by atoms with Crippen LogP contribution in [0.5, 0.6) is 5.88 Å². The Morgan fingerprint density at radius 1 is 1.00 bits per heavy atom. The lowest BCUT2D eigenvalue weighted by molar-refractivity contribution is -0.0429. The van der Waals surface area contributed by atoms with E-state index in [1.54, 1.807) is 42.5 Å². The highest BCUT2D eigenvalue weighted by Gasteiger charge is 2.50. The van der Waals surface area contributed by atoms with Crippen LogP contribution in [0.25, 0.3) is 22.2 Å². The van der Waals surface area contributed by atoms with Gasteiger partial charge in [0.2, 0.25) is 5.88 Å². The van der Waals surface area contributed by atoms with E-state index in [2.05, 4.69) is 10.1 Å². The third-order valence-corrected chi connectivity index (χ3v) is 8.18. The molecule has 1 unspecified atom stereocenters. The van der Waals surface area contributed by atoms with Crippen molar-refractivity contribution in [3.05, 3.63) is 75.5 Å². The van der Waals surface area contributed by atoms with Gasteiger partial charge in [0.15, 0.2) is 6.10 Å². The molecule has 0 radical (unpaired) electrons. The summed E-state index contributed by atoms with van der Waals surface area (Å²) >= 11 is 13.0. The number of hydrogen-bond donors (Lipinski definition) is 1. The summed E-state index contributed by atoms with van der Waals surface area (Å²) in [6.07, 6.45) is 0.785. The quantitative estimate of drug-likeness (QED) is 0.271. The zero-order valence-corrected chi connectivity index (χ0v) is 22.6. The molecule has 0 amide bonds. The third kappa shape index (κ3) is 4.71. The molecule has 2 saturated heterocycles. The van der Waals surface area contributed by atoms with Crippen LogP contribution in [0.15, 0.2) is 53.1 Å². The second-order valence-electron chi connectivity index (χ2n) is 10.2. The smallest absolute Gasteiger partial charge is 0.335 e. The summed E-state index contributed by atoms with van der Waals surface area (Å²) < 4.78 is 30.4. The molecule has 40 heavy (non-hydrogen) atoms. The minimum absolute atomic E-state index is 0.206. The van der Waals surface area contributed by atoms with Gasteiger partial charge >= 0.3 is 5.97 Å². The number of pyridine rings is 1. The van der Waals surface area contributed by atoms with Gasteiger partial charge in [0.1, 0.15) is 29.8 Å². The first-order chi connectivity index (χ1) is 19.5. The van der Waals surface area contributed by atoms with E-state index in [1.807, 2.05) is 0 Å². The van der Waals surface area contributed by atoms with Crippen molar-refractivity contribution in [3.63, 3.8) is 0 Å².